The van der Waals surface area contributed by atoms with E-state index in [1.807, 2.05) is 62.4 Å². The van der Waals surface area contributed by atoms with Crippen LogP contribution in [-0.2, 0) is 22.6 Å². The lowest BCUT2D eigenvalue weighted by atomic mass is 10.1. The second-order valence-electron chi connectivity index (χ2n) is 6.26. The molecule has 0 aromatic heterocycles. The molecule has 1 N–H and O–H groups in total. The summed E-state index contributed by atoms with van der Waals surface area (Å²) in [7, 11) is 0. The van der Waals surface area contributed by atoms with Crippen molar-refractivity contribution in [3.8, 4) is 5.75 Å². The summed E-state index contributed by atoms with van der Waals surface area (Å²) in [4.78, 5) is 26.8. The number of hydrogen-bond donors (Lipinski definition) is 1. The van der Waals surface area contributed by atoms with Gasteiger partial charge in [0.05, 0.1) is 6.61 Å². The van der Waals surface area contributed by atoms with Crippen molar-refractivity contribution < 1.29 is 14.3 Å². The molecule has 0 saturated heterocycles. The largest absolute Gasteiger partial charge is 0.494 e. The number of fused-ring (bicyclic) bond motifs is 1. The fourth-order valence-electron chi connectivity index (χ4n) is 3.25. The topological polar surface area (TPSA) is 58.6 Å². The van der Waals surface area contributed by atoms with Gasteiger partial charge in [-0.15, -0.1) is 0 Å². The number of para-hydroxylation sites is 1. The third kappa shape index (κ3) is 3.72. The molecule has 3 rings (SSSR count). The highest BCUT2D eigenvalue weighted by Gasteiger charge is 2.37. The van der Waals surface area contributed by atoms with Crippen molar-refractivity contribution >= 4 is 17.5 Å². The summed E-state index contributed by atoms with van der Waals surface area (Å²) < 4.78 is 5.42. The molecular weight excluding hydrogens is 328 g/mol. The van der Waals surface area contributed by atoms with Gasteiger partial charge in [-0.25, -0.2) is 0 Å². The van der Waals surface area contributed by atoms with Gasteiger partial charge in [0.15, 0.2) is 0 Å². The molecule has 0 radical (unpaired) electrons. The maximum absolute atomic E-state index is 12.8. The summed E-state index contributed by atoms with van der Waals surface area (Å²) in [5, 5.41) is 2.96. The van der Waals surface area contributed by atoms with Crippen LogP contribution in [0, 0.1) is 0 Å². The molecular formula is C21H24N2O3. The number of rotatable bonds is 6. The Morgan fingerprint density at radius 3 is 2.54 bits per heavy atom. The zero-order valence-electron chi connectivity index (χ0n) is 15.2. The van der Waals surface area contributed by atoms with Crippen LogP contribution in [0.2, 0.25) is 0 Å². The predicted octanol–water partition coefficient (Wildman–Crippen LogP) is 3.07. The van der Waals surface area contributed by atoms with E-state index in [0.29, 0.717) is 26.0 Å². The summed E-state index contributed by atoms with van der Waals surface area (Å²) in [6.07, 6.45) is 0.925. The molecule has 0 spiro atoms. The van der Waals surface area contributed by atoms with Crippen molar-refractivity contribution in [2.75, 3.05) is 11.5 Å². The van der Waals surface area contributed by atoms with Crippen molar-refractivity contribution in [3.05, 3.63) is 59.7 Å². The lowest BCUT2D eigenvalue weighted by molar-refractivity contribution is -0.126. The summed E-state index contributed by atoms with van der Waals surface area (Å²) in [6.45, 7) is 4.81. The predicted molar refractivity (Wildman–Crippen MR) is 101 cm³/mol. The van der Waals surface area contributed by atoms with E-state index < -0.39 is 6.04 Å². The van der Waals surface area contributed by atoms with Gasteiger partial charge in [-0.05, 0) is 36.2 Å². The summed E-state index contributed by atoms with van der Waals surface area (Å²) in [5.41, 5.74) is 2.88. The number of nitrogens with one attached hydrogen (secondary N) is 1. The number of hydrogen-bond acceptors (Lipinski definition) is 3. The Labute approximate surface area is 154 Å². The molecule has 5 nitrogen and oxygen atoms in total. The van der Waals surface area contributed by atoms with Crippen LogP contribution in [0.3, 0.4) is 0 Å². The van der Waals surface area contributed by atoms with Gasteiger partial charge in [-0.2, -0.15) is 0 Å². The average molecular weight is 352 g/mol. The van der Waals surface area contributed by atoms with Crippen molar-refractivity contribution in [2.24, 2.45) is 0 Å². The quantitative estimate of drug-likeness (QED) is 0.869. The van der Waals surface area contributed by atoms with E-state index in [-0.39, 0.29) is 11.8 Å². The molecule has 1 heterocycles. The normalized spacial score (nSPS) is 15.5. The molecule has 0 unspecified atom stereocenters. The molecule has 1 aliphatic heterocycles. The first-order valence-corrected chi connectivity index (χ1v) is 9.03. The zero-order valence-corrected chi connectivity index (χ0v) is 15.2. The molecule has 0 aliphatic carbocycles. The van der Waals surface area contributed by atoms with Crippen LogP contribution in [0.15, 0.2) is 48.5 Å². The Hall–Kier alpha value is -2.82. The van der Waals surface area contributed by atoms with Crippen molar-refractivity contribution in [1.82, 2.24) is 5.32 Å². The van der Waals surface area contributed by atoms with E-state index in [4.69, 9.17) is 4.74 Å². The van der Waals surface area contributed by atoms with E-state index in [9.17, 15) is 9.59 Å². The van der Waals surface area contributed by atoms with Crippen LogP contribution in [0.1, 0.15) is 31.4 Å². The molecule has 0 bridgehead atoms. The van der Waals surface area contributed by atoms with E-state index in [0.717, 1.165) is 22.6 Å². The minimum Gasteiger partial charge on any atom is -0.494 e. The first-order chi connectivity index (χ1) is 12.6. The minimum absolute atomic E-state index is 0.0313. The van der Waals surface area contributed by atoms with Crippen LogP contribution in [-0.4, -0.2) is 24.5 Å². The Balaban J connectivity index is 1.68. The van der Waals surface area contributed by atoms with E-state index in [1.54, 1.807) is 4.90 Å². The monoisotopic (exact) mass is 352 g/mol. The number of carbonyl (C=O) groups excluding carboxylic acids is 2. The van der Waals surface area contributed by atoms with Gasteiger partial charge in [0.25, 0.3) is 0 Å². The SMILES string of the molecule is CCOc1ccc(CNC(=O)[C@@H]2Cc3ccccc3N2C(=O)CC)cc1. The van der Waals surface area contributed by atoms with Crippen LogP contribution >= 0.6 is 0 Å². The van der Waals surface area contributed by atoms with Gasteiger partial charge in [0.2, 0.25) is 11.8 Å². The fourth-order valence-corrected chi connectivity index (χ4v) is 3.25. The molecule has 136 valence electrons. The number of benzene rings is 2. The number of carbonyl (C=O) groups is 2. The molecule has 0 saturated carbocycles. The van der Waals surface area contributed by atoms with Gasteiger partial charge in [0.1, 0.15) is 11.8 Å². The van der Waals surface area contributed by atoms with Crippen LogP contribution in [0.25, 0.3) is 0 Å². The Morgan fingerprint density at radius 2 is 1.85 bits per heavy atom. The van der Waals surface area contributed by atoms with Crippen molar-refractivity contribution in [3.63, 3.8) is 0 Å². The summed E-state index contributed by atoms with van der Waals surface area (Å²) >= 11 is 0. The van der Waals surface area contributed by atoms with E-state index in [1.165, 1.54) is 0 Å². The molecule has 0 fully saturated rings. The van der Waals surface area contributed by atoms with Gasteiger partial charge in [-0.3, -0.25) is 14.5 Å². The number of anilines is 1. The van der Waals surface area contributed by atoms with Crippen molar-refractivity contribution in [1.29, 1.82) is 0 Å². The highest BCUT2D eigenvalue weighted by atomic mass is 16.5. The summed E-state index contributed by atoms with van der Waals surface area (Å²) in [6, 6.07) is 14.9. The van der Waals surface area contributed by atoms with E-state index in [2.05, 4.69) is 5.32 Å². The van der Waals surface area contributed by atoms with Gasteiger partial charge in [-0.1, -0.05) is 37.3 Å². The van der Waals surface area contributed by atoms with Crippen molar-refractivity contribution in [2.45, 2.75) is 39.3 Å². The molecule has 2 amide bonds. The van der Waals surface area contributed by atoms with E-state index >= 15 is 0 Å². The molecule has 2 aromatic carbocycles. The maximum atomic E-state index is 12.8. The third-order valence-electron chi connectivity index (χ3n) is 4.55. The summed E-state index contributed by atoms with van der Waals surface area (Å²) in [5.74, 6) is 0.654. The Bertz CT molecular complexity index is 786. The average Bonchev–Trinajstić information content (AvgIpc) is 3.06. The third-order valence-corrected chi connectivity index (χ3v) is 4.55. The Morgan fingerprint density at radius 1 is 1.12 bits per heavy atom. The molecule has 2 aromatic rings. The molecule has 1 atom stereocenters. The standard InChI is InChI=1S/C21H24N2O3/c1-3-20(24)23-18-8-6-5-7-16(18)13-19(23)21(25)22-14-15-9-11-17(12-10-15)26-4-2/h5-12,19H,3-4,13-14H2,1-2H3,(H,22,25)/t19-/m0/s1. The second kappa shape index (κ2) is 8.04. The second-order valence-corrected chi connectivity index (χ2v) is 6.26. The maximum Gasteiger partial charge on any atom is 0.243 e. The lowest BCUT2D eigenvalue weighted by Crippen LogP contribution is -2.47. The highest BCUT2D eigenvalue weighted by molar-refractivity contribution is 6.03. The van der Waals surface area contributed by atoms with Gasteiger partial charge < -0.3 is 10.1 Å². The zero-order chi connectivity index (χ0) is 18.5. The number of ether oxygens (including phenoxy) is 1. The molecule has 26 heavy (non-hydrogen) atoms. The number of nitrogens with zero attached hydrogens (tertiary/aromatic N) is 1. The van der Waals surface area contributed by atoms with Gasteiger partial charge in [0, 0.05) is 25.1 Å². The smallest absolute Gasteiger partial charge is 0.243 e. The molecule has 5 heteroatoms. The van der Waals surface area contributed by atoms with Gasteiger partial charge >= 0.3 is 0 Å². The van der Waals surface area contributed by atoms with Crippen LogP contribution in [0.5, 0.6) is 5.75 Å². The minimum atomic E-state index is -0.484. The van der Waals surface area contributed by atoms with Crippen LogP contribution in [0.4, 0.5) is 5.69 Å². The van der Waals surface area contributed by atoms with Crippen LogP contribution < -0.4 is 15.0 Å². The highest BCUT2D eigenvalue weighted by Crippen LogP contribution is 2.32. The first kappa shape index (κ1) is 18.0. The lowest BCUT2D eigenvalue weighted by Gasteiger charge is -2.24. The Kier molecular flexibility index (Phi) is 5.56. The first-order valence-electron chi connectivity index (χ1n) is 9.03. The fraction of sp³-hybridized carbons (Fsp3) is 0.333. The number of amides is 2. The molecule has 1 aliphatic rings.